The van der Waals surface area contributed by atoms with Crippen LogP contribution in [-0.2, 0) is 4.74 Å². The van der Waals surface area contributed by atoms with Crippen LogP contribution in [0, 0.1) is 12.8 Å². The molecule has 23 heavy (non-hydrogen) atoms. The van der Waals surface area contributed by atoms with Crippen LogP contribution in [0.4, 0.5) is 4.79 Å². The van der Waals surface area contributed by atoms with Crippen LogP contribution in [0.25, 0.3) is 0 Å². The fourth-order valence-corrected chi connectivity index (χ4v) is 3.63. The number of thiophene rings is 1. The smallest absolute Gasteiger partial charge is 0.410 e. The number of carbonyl (C=O) groups is 2. The van der Waals surface area contributed by atoms with E-state index in [2.05, 4.69) is 0 Å². The summed E-state index contributed by atoms with van der Waals surface area (Å²) in [6, 6.07) is 1.96. The number of hydrogen-bond donors (Lipinski definition) is 0. The van der Waals surface area contributed by atoms with Gasteiger partial charge in [-0.25, -0.2) is 4.79 Å². The standard InChI is InChI=1S/C17H26N2O3S/c1-12-7-9-23-14(12)15(20)18(5)10-13-6-8-19(11-13)16(21)22-17(2,3)4/h7,9,13H,6,8,10-11H2,1-5H3/t13-/m0/s1. The minimum atomic E-state index is -0.474. The highest BCUT2D eigenvalue weighted by Gasteiger charge is 2.31. The molecule has 0 spiro atoms. The van der Waals surface area contributed by atoms with E-state index in [1.807, 2.05) is 46.2 Å². The quantitative estimate of drug-likeness (QED) is 0.849. The lowest BCUT2D eigenvalue weighted by atomic mass is 10.1. The number of amides is 2. The van der Waals surface area contributed by atoms with Gasteiger partial charge in [-0.2, -0.15) is 0 Å². The number of nitrogens with zero attached hydrogens (tertiary/aromatic N) is 2. The van der Waals surface area contributed by atoms with Gasteiger partial charge in [0.05, 0.1) is 4.88 Å². The molecule has 0 saturated carbocycles. The Hall–Kier alpha value is -1.56. The number of rotatable bonds is 3. The van der Waals surface area contributed by atoms with E-state index in [0.29, 0.717) is 25.6 Å². The van der Waals surface area contributed by atoms with Crippen LogP contribution in [-0.4, -0.2) is 54.1 Å². The fourth-order valence-electron chi connectivity index (χ4n) is 2.71. The molecule has 6 heteroatoms. The summed E-state index contributed by atoms with van der Waals surface area (Å²) in [6.07, 6.45) is 0.642. The van der Waals surface area contributed by atoms with Crippen molar-refractivity contribution in [2.45, 2.75) is 39.7 Å². The highest BCUT2D eigenvalue weighted by atomic mass is 32.1. The Kier molecular flexibility index (Phi) is 5.34. The Labute approximate surface area is 142 Å². The Morgan fingerprint density at radius 1 is 1.43 bits per heavy atom. The summed E-state index contributed by atoms with van der Waals surface area (Å²) in [7, 11) is 1.83. The molecule has 0 unspecified atom stereocenters. The molecule has 1 saturated heterocycles. The van der Waals surface area contributed by atoms with Crippen molar-refractivity contribution < 1.29 is 14.3 Å². The van der Waals surface area contributed by atoms with Crippen molar-refractivity contribution in [1.82, 2.24) is 9.80 Å². The normalized spacial score (nSPS) is 18.1. The van der Waals surface area contributed by atoms with Crippen molar-refractivity contribution >= 4 is 23.3 Å². The van der Waals surface area contributed by atoms with Crippen molar-refractivity contribution in [3.63, 3.8) is 0 Å². The predicted octanol–water partition coefficient (Wildman–Crippen LogP) is 3.39. The molecule has 5 nitrogen and oxygen atoms in total. The first-order chi connectivity index (χ1) is 10.7. The van der Waals surface area contributed by atoms with Gasteiger partial charge in [0.15, 0.2) is 0 Å². The van der Waals surface area contributed by atoms with Gasteiger partial charge in [0.25, 0.3) is 5.91 Å². The summed E-state index contributed by atoms with van der Waals surface area (Å²) in [5.74, 6) is 0.366. The third kappa shape index (κ3) is 4.70. The average molecular weight is 338 g/mol. The molecule has 2 heterocycles. The summed E-state index contributed by atoms with van der Waals surface area (Å²) in [5, 5.41) is 1.94. The molecule has 2 amide bonds. The predicted molar refractivity (Wildman–Crippen MR) is 91.9 cm³/mol. The van der Waals surface area contributed by atoms with Crippen LogP contribution >= 0.6 is 11.3 Å². The van der Waals surface area contributed by atoms with Crippen LogP contribution in [0.5, 0.6) is 0 Å². The van der Waals surface area contributed by atoms with Crippen LogP contribution in [0.1, 0.15) is 42.4 Å². The average Bonchev–Trinajstić information content (AvgIpc) is 3.05. The molecule has 2 rings (SSSR count). The van der Waals surface area contributed by atoms with E-state index in [1.54, 1.807) is 9.80 Å². The number of likely N-dealkylation sites (tertiary alicyclic amines) is 1. The lowest BCUT2D eigenvalue weighted by Crippen LogP contribution is -2.37. The van der Waals surface area contributed by atoms with E-state index in [1.165, 1.54) is 11.3 Å². The van der Waals surface area contributed by atoms with Gasteiger partial charge in [-0.15, -0.1) is 11.3 Å². The van der Waals surface area contributed by atoms with Crippen LogP contribution in [0.2, 0.25) is 0 Å². The van der Waals surface area contributed by atoms with E-state index in [0.717, 1.165) is 16.9 Å². The van der Waals surface area contributed by atoms with E-state index in [-0.39, 0.29) is 12.0 Å². The number of carbonyl (C=O) groups excluding carboxylic acids is 2. The first kappa shape index (κ1) is 17.8. The van der Waals surface area contributed by atoms with Crippen LogP contribution in [0.15, 0.2) is 11.4 Å². The fraction of sp³-hybridized carbons (Fsp3) is 0.647. The highest BCUT2D eigenvalue weighted by molar-refractivity contribution is 7.12. The van der Waals surface area contributed by atoms with Gasteiger partial charge >= 0.3 is 6.09 Å². The SMILES string of the molecule is Cc1ccsc1C(=O)N(C)C[C@@H]1CCN(C(=O)OC(C)(C)C)C1. The van der Waals surface area contributed by atoms with E-state index >= 15 is 0 Å². The molecule has 1 aliphatic rings. The van der Waals surface area contributed by atoms with Gasteiger partial charge in [-0.1, -0.05) is 0 Å². The summed E-state index contributed by atoms with van der Waals surface area (Å²) in [6.45, 7) is 9.57. The summed E-state index contributed by atoms with van der Waals surface area (Å²) >= 11 is 1.48. The van der Waals surface area contributed by atoms with Gasteiger partial charge in [0, 0.05) is 26.7 Å². The first-order valence-corrected chi connectivity index (χ1v) is 8.83. The maximum atomic E-state index is 12.4. The van der Waals surface area contributed by atoms with Crippen molar-refractivity contribution in [2.75, 3.05) is 26.7 Å². The number of aryl methyl sites for hydroxylation is 1. The third-order valence-corrected chi connectivity index (χ3v) is 4.88. The van der Waals surface area contributed by atoms with E-state index < -0.39 is 5.60 Å². The highest BCUT2D eigenvalue weighted by Crippen LogP contribution is 2.22. The van der Waals surface area contributed by atoms with Gasteiger partial charge in [0.2, 0.25) is 0 Å². The molecule has 1 aromatic heterocycles. The zero-order valence-corrected chi connectivity index (χ0v) is 15.4. The topological polar surface area (TPSA) is 49.9 Å². The Morgan fingerprint density at radius 3 is 2.70 bits per heavy atom. The minimum absolute atomic E-state index is 0.0632. The zero-order valence-electron chi connectivity index (χ0n) is 14.6. The molecule has 128 valence electrons. The number of hydrogen-bond acceptors (Lipinski definition) is 4. The van der Waals surface area contributed by atoms with Crippen LogP contribution < -0.4 is 0 Å². The van der Waals surface area contributed by atoms with Gasteiger partial charge in [-0.05, 0) is 57.0 Å². The van der Waals surface area contributed by atoms with Crippen molar-refractivity contribution in [1.29, 1.82) is 0 Å². The largest absolute Gasteiger partial charge is 0.444 e. The molecule has 0 N–H and O–H groups in total. The van der Waals surface area contributed by atoms with Crippen LogP contribution in [0.3, 0.4) is 0 Å². The summed E-state index contributed by atoms with van der Waals surface area (Å²) in [5.41, 5.74) is 0.548. The summed E-state index contributed by atoms with van der Waals surface area (Å²) in [4.78, 5) is 28.8. The molecular weight excluding hydrogens is 312 g/mol. The molecule has 0 aliphatic carbocycles. The van der Waals surface area contributed by atoms with Gasteiger partial charge < -0.3 is 14.5 Å². The second-order valence-electron chi connectivity index (χ2n) is 7.20. The molecule has 0 bridgehead atoms. The molecule has 1 fully saturated rings. The summed E-state index contributed by atoms with van der Waals surface area (Å²) < 4.78 is 5.41. The zero-order chi connectivity index (χ0) is 17.2. The molecule has 1 atom stereocenters. The molecule has 1 aliphatic heterocycles. The molecular formula is C17H26N2O3S. The lowest BCUT2D eigenvalue weighted by Gasteiger charge is -2.25. The molecule has 0 radical (unpaired) electrons. The van der Waals surface area contributed by atoms with Gasteiger partial charge in [-0.3, -0.25) is 4.79 Å². The van der Waals surface area contributed by atoms with E-state index in [4.69, 9.17) is 4.74 Å². The molecule has 0 aromatic carbocycles. The molecule has 1 aromatic rings. The van der Waals surface area contributed by atoms with Gasteiger partial charge in [0.1, 0.15) is 5.60 Å². The third-order valence-electron chi connectivity index (χ3n) is 3.87. The van der Waals surface area contributed by atoms with E-state index in [9.17, 15) is 9.59 Å². The van der Waals surface area contributed by atoms with Crippen molar-refractivity contribution in [2.24, 2.45) is 5.92 Å². The second-order valence-corrected chi connectivity index (χ2v) is 8.12. The maximum Gasteiger partial charge on any atom is 0.410 e. The number of ether oxygens (including phenoxy) is 1. The minimum Gasteiger partial charge on any atom is -0.444 e. The monoisotopic (exact) mass is 338 g/mol. The lowest BCUT2D eigenvalue weighted by molar-refractivity contribution is 0.0286. The Bertz CT molecular complexity index is 577. The second kappa shape index (κ2) is 6.91. The van der Waals surface area contributed by atoms with Crippen molar-refractivity contribution in [3.8, 4) is 0 Å². The maximum absolute atomic E-state index is 12.4. The first-order valence-electron chi connectivity index (χ1n) is 7.95. The Morgan fingerprint density at radius 2 is 2.13 bits per heavy atom. The van der Waals surface area contributed by atoms with Crippen molar-refractivity contribution in [3.05, 3.63) is 21.9 Å². The Balaban J connectivity index is 1.87.